The number of nitrogens with zero attached hydrogens (tertiary/aromatic N) is 2. The quantitative estimate of drug-likeness (QED) is 0.310. The summed E-state index contributed by atoms with van der Waals surface area (Å²) < 4.78 is 5.33. The number of guanidine groups is 1. The number of aliphatic imine (C=N–C) groups is 1. The molecule has 1 unspecified atom stereocenters. The van der Waals surface area contributed by atoms with Gasteiger partial charge in [-0.2, -0.15) is 0 Å². The monoisotopic (exact) mass is 494 g/mol. The number of likely N-dealkylation sites (tertiary alicyclic amines) is 1. The highest BCUT2D eigenvalue weighted by molar-refractivity contribution is 14.0. The second-order valence-corrected chi connectivity index (χ2v) is 8.21. The third-order valence-electron chi connectivity index (χ3n) is 5.75. The van der Waals surface area contributed by atoms with Gasteiger partial charge in [-0.1, -0.05) is 26.7 Å². The van der Waals surface area contributed by atoms with Crippen LogP contribution in [0.5, 0.6) is 0 Å². The second kappa shape index (κ2) is 12.1. The summed E-state index contributed by atoms with van der Waals surface area (Å²) in [6, 6.07) is 0.286. The fourth-order valence-electron chi connectivity index (χ4n) is 4.13. The van der Waals surface area contributed by atoms with E-state index in [-0.39, 0.29) is 41.8 Å². The van der Waals surface area contributed by atoms with Gasteiger partial charge in [0.15, 0.2) is 5.96 Å². The predicted octanol–water partition coefficient (Wildman–Crippen LogP) is 3.01. The Kier molecular flexibility index (Phi) is 11.0. The summed E-state index contributed by atoms with van der Waals surface area (Å²) in [5, 5.41) is 6.93. The lowest BCUT2D eigenvalue weighted by Crippen LogP contribution is -2.45. The fraction of sp³-hybridized carbons (Fsp3) is 0.900. The molecule has 6 nitrogen and oxygen atoms in total. The van der Waals surface area contributed by atoms with Gasteiger partial charge in [0.2, 0.25) is 5.91 Å². The van der Waals surface area contributed by atoms with Crippen molar-refractivity contribution in [1.29, 1.82) is 0 Å². The molecule has 158 valence electrons. The van der Waals surface area contributed by atoms with Gasteiger partial charge in [-0.05, 0) is 38.0 Å². The molecule has 1 heterocycles. The number of nitrogens with one attached hydrogen (secondary N) is 2. The van der Waals surface area contributed by atoms with Crippen molar-refractivity contribution in [2.24, 2.45) is 16.3 Å². The van der Waals surface area contributed by atoms with Gasteiger partial charge in [0.25, 0.3) is 0 Å². The number of ether oxygens (including phenoxy) is 1. The number of rotatable bonds is 8. The summed E-state index contributed by atoms with van der Waals surface area (Å²) in [6.07, 6.45) is 7.18. The molecule has 0 aromatic heterocycles. The highest BCUT2D eigenvalue weighted by Gasteiger charge is 2.33. The van der Waals surface area contributed by atoms with Crippen molar-refractivity contribution in [1.82, 2.24) is 15.5 Å². The third-order valence-corrected chi connectivity index (χ3v) is 5.75. The topological polar surface area (TPSA) is 66.0 Å². The van der Waals surface area contributed by atoms with Gasteiger partial charge < -0.3 is 20.3 Å². The number of methoxy groups -OCH3 is 1. The van der Waals surface area contributed by atoms with Gasteiger partial charge in [-0.3, -0.25) is 9.79 Å². The first-order chi connectivity index (χ1) is 12.5. The van der Waals surface area contributed by atoms with E-state index in [0.29, 0.717) is 5.41 Å². The SMILES string of the molecule is CCNC(=NCC1(CCOC)CCCC1)NC1CCN(C(=O)C(C)C)C1.I. The van der Waals surface area contributed by atoms with E-state index in [1.54, 1.807) is 7.11 Å². The Morgan fingerprint density at radius 2 is 2.04 bits per heavy atom. The molecule has 2 N–H and O–H groups in total. The maximum absolute atomic E-state index is 12.2. The number of halogens is 1. The molecule has 1 aliphatic heterocycles. The fourth-order valence-corrected chi connectivity index (χ4v) is 4.13. The number of hydrogen-bond donors (Lipinski definition) is 2. The average Bonchev–Trinajstić information content (AvgIpc) is 3.27. The minimum absolute atomic E-state index is 0. The normalized spacial score (nSPS) is 22.0. The van der Waals surface area contributed by atoms with Crippen molar-refractivity contribution in [3.63, 3.8) is 0 Å². The zero-order valence-electron chi connectivity index (χ0n) is 17.6. The minimum atomic E-state index is 0. The first kappa shape index (κ1) is 24.5. The molecule has 0 spiro atoms. The van der Waals surface area contributed by atoms with E-state index in [4.69, 9.17) is 9.73 Å². The van der Waals surface area contributed by atoms with E-state index in [9.17, 15) is 4.79 Å². The van der Waals surface area contributed by atoms with Crippen molar-refractivity contribution in [2.45, 2.75) is 65.3 Å². The number of carbonyl (C=O) groups is 1. The lowest BCUT2D eigenvalue weighted by atomic mass is 9.83. The molecule has 2 fully saturated rings. The van der Waals surface area contributed by atoms with E-state index in [1.807, 2.05) is 18.7 Å². The molecule has 1 atom stereocenters. The number of hydrogen-bond acceptors (Lipinski definition) is 3. The van der Waals surface area contributed by atoms with E-state index in [0.717, 1.165) is 51.6 Å². The van der Waals surface area contributed by atoms with Crippen LogP contribution in [0.4, 0.5) is 0 Å². The zero-order valence-corrected chi connectivity index (χ0v) is 19.9. The lowest BCUT2D eigenvalue weighted by molar-refractivity contribution is -0.133. The maximum Gasteiger partial charge on any atom is 0.225 e. The van der Waals surface area contributed by atoms with Crippen LogP contribution in [0.3, 0.4) is 0 Å². The van der Waals surface area contributed by atoms with Crippen molar-refractivity contribution in [2.75, 3.05) is 39.9 Å². The van der Waals surface area contributed by atoms with E-state index in [2.05, 4.69) is 17.6 Å². The lowest BCUT2D eigenvalue weighted by Gasteiger charge is -2.27. The van der Waals surface area contributed by atoms with Gasteiger partial charge in [-0.25, -0.2) is 0 Å². The van der Waals surface area contributed by atoms with Crippen LogP contribution >= 0.6 is 24.0 Å². The van der Waals surface area contributed by atoms with Crippen LogP contribution in [-0.4, -0.2) is 62.7 Å². The maximum atomic E-state index is 12.2. The van der Waals surface area contributed by atoms with Crippen LogP contribution < -0.4 is 10.6 Å². The molecular weight excluding hydrogens is 455 g/mol. The van der Waals surface area contributed by atoms with Crippen molar-refractivity contribution >= 4 is 35.8 Å². The number of amides is 1. The largest absolute Gasteiger partial charge is 0.385 e. The van der Waals surface area contributed by atoms with Gasteiger partial charge in [0.05, 0.1) is 0 Å². The molecule has 0 aromatic rings. The summed E-state index contributed by atoms with van der Waals surface area (Å²) in [5.74, 6) is 1.21. The first-order valence-electron chi connectivity index (χ1n) is 10.3. The molecule has 27 heavy (non-hydrogen) atoms. The van der Waals surface area contributed by atoms with Crippen molar-refractivity contribution in [3.8, 4) is 0 Å². The van der Waals surface area contributed by atoms with Gasteiger partial charge in [0, 0.05) is 51.9 Å². The van der Waals surface area contributed by atoms with E-state index < -0.39 is 0 Å². The molecule has 1 amide bonds. The highest BCUT2D eigenvalue weighted by atomic mass is 127. The summed E-state index contributed by atoms with van der Waals surface area (Å²) in [5.41, 5.74) is 0.299. The minimum Gasteiger partial charge on any atom is -0.385 e. The summed E-state index contributed by atoms with van der Waals surface area (Å²) >= 11 is 0. The predicted molar refractivity (Wildman–Crippen MR) is 122 cm³/mol. The first-order valence-corrected chi connectivity index (χ1v) is 10.3. The second-order valence-electron chi connectivity index (χ2n) is 8.21. The van der Waals surface area contributed by atoms with Crippen LogP contribution in [0.1, 0.15) is 59.3 Å². The molecule has 0 bridgehead atoms. The Morgan fingerprint density at radius 1 is 1.33 bits per heavy atom. The van der Waals surface area contributed by atoms with Crippen LogP contribution in [-0.2, 0) is 9.53 Å². The smallest absolute Gasteiger partial charge is 0.225 e. The molecular formula is C20H39IN4O2. The Labute approximate surface area is 182 Å². The standard InChI is InChI=1S/C20H38N4O2.HI/c1-5-21-19(22-15-20(11-13-26-4)9-6-7-10-20)23-17-8-12-24(14-17)18(25)16(2)3;/h16-17H,5-15H2,1-4H3,(H2,21,22,23);1H. The van der Waals surface area contributed by atoms with Crippen LogP contribution in [0.25, 0.3) is 0 Å². The number of carbonyl (C=O) groups excluding carboxylic acids is 1. The summed E-state index contributed by atoms with van der Waals surface area (Å²) in [7, 11) is 1.78. The highest BCUT2D eigenvalue weighted by Crippen LogP contribution is 2.41. The van der Waals surface area contributed by atoms with E-state index >= 15 is 0 Å². The molecule has 7 heteroatoms. The van der Waals surface area contributed by atoms with Crippen LogP contribution in [0.15, 0.2) is 4.99 Å². The molecule has 0 radical (unpaired) electrons. The Balaban J connectivity index is 0.00000364. The van der Waals surface area contributed by atoms with Gasteiger partial charge >= 0.3 is 0 Å². The van der Waals surface area contributed by atoms with Crippen LogP contribution in [0, 0.1) is 11.3 Å². The molecule has 0 aromatic carbocycles. The molecule has 1 saturated heterocycles. The summed E-state index contributed by atoms with van der Waals surface area (Å²) in [6.45, 7) is 10.2. The molecule has 2 rings (SSSR count). The Hall–Kier alpha value is -0.570. The molecule has 1 aliphatic carbocycles. The van der Waals surface area contributed by atoms with E-state index in [1.165, 1.54) is 25.7 Å². The zero-order chi connectivity index (χ0) is 19.0. The third kappa shape index (κ3) is 7.40. The Morgan fingerprint density at radius 3 is 2.63 bits per heavy atom. The molecule has 1 saturated carbocycles. The van der Waals surface area contributed by atoms with Crippen molar-refractivity contribution < 1.29 is 9.53 Å². The van der Waals surface area contributed by atoms with Crippen LogP contribution in [0.2, 0.25) is 0 Å². The Bertz CT molecular complexity index is 479. The average molecular weight is 494 g/mol. The van der Waals surface area contributed by atoms with Gasteiger partial charge in [0.1, 0.15) is 0 Å². The summed E-state index contributed by atoms with van der Waals surface area (Å²) in [4.78, 5) is 19.1. The van der Waals surface area contributed by atoms with Gasteiger partial charge in [-0.15, -0.1) is 24.0 Å². The molecule has 2 aliphatic rings. The van der Waals surface area contributed by atoms with Crippen molar-refractivity contribution in [3.05, 3.63) is 0 Å².